The van der Waals surface area contributed by atoms with Gasteiger partial charge in [-0.2, -0.15) is 0 Å². The molecular weight excluding hydrogens is 306 g/mol. The first-order valence-electron chi connectivity index (χ1n) is 7.86. The number of carbonyl (C=O) groups excluding carboxylic acids is 1. The highest BCUT2D eigenvalue weighted by Gasteiger charge is 2.31. The van der Waals surface area contributed by atoms with Crippen molar-refractivity contribution in [2.24, 2.45) is 0 Å². The van der Waals surface area contributed by atoms with Gasteiger partial charge in [-0.3, -0.25) is 4.79 Å². The Bertz CT molecular complexity index is 800. The van der Waals surface area contributed by atoms with Gasteiger partial charge in [0.25, 0.3) is 5.91 Å². The molecule has 1 atom stereocenters. The molecule has 124 valence electrons. The van der Waals surface area contributed by atoms with Crippen LogP contribution in [0.3, 0.4) is 0 Å². The second kappa shape index (κ2) is 6.35. The van der Waals surface area contributed by atoms with Crippen LogP contribution >= 0.6 is 0 Å². The van der Waals surface area contributed by atoms with Crippen molar-refractivity contribution in [3.63, 3.8) is 0 Å². The molecule has 1 unspecified atom stereocenters. The van der Waals surface area contributed by atoms with Crippen molar-refractivity contribution in [1.82, 2.24) is 0 Å². The number of aryl methyl sites for hydroxylation is 1. The van der Waals surface area contributed by atoms with Crippen LogP contribution < -0.4 is 9.64 Å². The Balaban J connectivity index is 2.10. The molecule has 5 nitrogen and oxygen atoms in total. The molecule has 0 spiro atoms. The van der Waals surface area contributed by atoms with Gasteiger partial charge in [-0.1, -0.05) is 24.3 Å². The Morgan fingerprint density at radius 3 is 2.54 bits per heavy atom. The van der Waals surface area contributed by atoms with E-state index in [0.29, 0.717) is 0 Å². The minimum absolute atomic E-state index is 0.0127. The van der Waals surface area contributed by atoms with Crippen LogP contribution in [0.4, 0.5) is 5.69 Å². The first-order valence-corrected chi connectivity index (χ1v) is 7.86. The molecule has 24 heavy (non-hydrogen) atoms. The van der Waals surface area contributed by atoms with E-state index >= 15 is 0 Å². The molecular formula is C19H19NO4. The summed E-state index contributed by atoms with van der Waals surface area (Å²) in [6, 6.07) is 12.5. The van der Waals surface area contributed by atoms with E-state index in [4.69, 9.17) is 4.74 Å². The number of ether oxygens (including phenoxy) is 1. The van der Waals surface area contributed by atoms with E-state index in [1.165, 1.54) is 13.2 Å². The van der Waals surface area contributed by atoms with Crippen molar-refractivity contribution in [3.05, 3.63) is 59.2 Å². The number of hydrogen-bond donors (Lipinski definition) is 1. The first-order chi connectivity index (χ1) is 11.5. The molecule has 1 aliphatic heterocycles. The number of para-hydroxylation sites is 2. The third-order valence-electron chi connectivity index (χ3n) is 4.42. The summed E-state index contributed by atoms with van der Waals surface area (Å²) in [4.78, 5) is 26.3. The lowest BCUT2D eigenvalue weighted by Gasteiger charge is -2.35. The van der Waals surface area contributed by atoms with E-state index in [-0.39, 0.29) is 28.8 Å². The maximum absolute atomic E-state index is 13.2. The van der Waals surface area contributed by atoms with E-state index < -0.39 is 5.97 Å². The minimum Gasteiger partial charge on any atom is -0.495 e. The van der Waals surface area contributed by atoms with Crippen molar-refractivity contribution >= 4 is 17.6 Å². The number of fused-ring (bicyclic) bond motifs is 1. The Hall–Kier alpha value is -2.82. The van der Waals surface area contributed by atoms with Crippen molar-refractivity contribution < 1.29 is 19.4 Å². The number of hydrogen-bond acceptors (Lipinski definition) is 3. The van der Waals surface area contributed by atoms with Crippen molar-refractivity contribution in [2.45, 2.75) is 25.8 Å². The molecule has 0 bridgehead atoms. The van der Waals surface area contributed by atoms with E-state index in [2.05, 4.69) is 0 Å². The molecule has 2 aromatic rings. The highest BCUT2D eigenvalue weighted by molar-refractivity contribution is 6.10. The Labute approximate surface area is 140 Å². The summed E-state index contributed by atoms with van der Waals surface area (Å²) < 4.78 is 5.24. The number of benzene rings is 2. The van der Waals surface area contributed by atoms with E-state index in [1.54, 1.807) is 17.0 Å². The first kappa shape index (κ1) is 16.1. The van der Waals surface area contributed by atoms with Crippen LogP contribution in [-0.4, -0.2) is 30.1 Å². The van der Waals surface area contributed by atoms with Gasteiger partial charge >= 0.3 is 5.97 Å². The molecule has 1 N–H and O–H groups in total. The molecule has 0 fully saturated rings. The lowest BCUT2D eigenvalue weighted by atomic mass is 9.95. The maximum Gasteiger partial charge on any atom is 0.339 e. The van der Waals surface area contributed by atoms with Gasteiger partial charge in [-0.15, -0.1) is 0 Å². The zero-order valence-corrected chi connectivity index (χ0v) is 13.7. The maximum atomic E-state index is 13.2. The molecule has 2 aromatic carbocycles. The third-order valence-corrected chi connectivity index (χ3v) is 4.42. The molecule has 1 aliphatic rings. The number of rotatable bonds is 3. The number of carboxylic acids is 1. The minimum atomic E-state index is -1.12. The van der Waals surface area contributed by atoms with Gasteiger partial charge in [0.2, 0.25) is 0 Å². The van der Waals surface area contributed by atoms with Crippen molar-refractivity contribution in [1.29, 1.82) is 0 Å². The van der Waals surface area contributed by atoms with Gasteiger partial charge in [-0.05, 0) is 43.5 Å². The van der Waals surface area contributed by atoms with E-state index in [0.717, 1.165) is 24.1 Å². The summed E-state index contributed by atoms with van der Waals surface area (Å²) in [5.41, 5.74) is 2.25. The number of nitrogens with zero attached hydrogens (tertiary/aromatic N) is 1. The Morgan fingerprint density at radius 2 is 1.83 bits per heavy atom. The summed E-state index contributed by atoms with van der Waals surface area (Å²) in [5.74, 6) is -1.26. The molecule has 1 amide bonds. The lowest BCUT2D eigenvalue weighted by Crippen LogP contribution is -2.42. The zero-order valence-electron chi connectivity index (χ0n) is 13.7. The summed E-state index contributed by atoms with van der Waals surface area (Å²) in [7, 11) is 1.38. The second-order valence-corrected chi connectivity index (χ2v) is 5.88. The monoisotopic (exact) mass is 325 g/mol. The fourth-order valence-corrected chi connectivity index (χ4v) is 3.22. The normalized spacial score (nSPS) is 16.4. The molecule has 0 saturated carbocycles. The van der Waals surface area contributed by atoms with Crippen LogP contribution in [0, 0.1) is 0 Å². The predicted octanol–water partition coefficient (Wildman–Crippen LogP) is 3.37. The van der Waals surface area contributed by atoms with Crippen molar-refractivity contribution in [2.75, 3.05) is 12.0 Å². The van der Waals surface area contributed by atoms with E-state index in [9.17, 15) is 14.7 Å². The molecule has 1 heterocycles. The summed E-state index contributed by atoms with van der Waals surface area (Å²) in [6.45, 7) is 2.00. The zero-order chi connectivity index (χ0) is 17.3. The number of carbonyl (C=O) groups is 2. The number of methoxy groups -OCH3 is 1. The average Bonchev–Trinajstić information content (AvgIpc) is 2.60. The smallest absolute Gasteiger partial charge is 0.339 e. The van der Waals surface area contributed by atoms with Crippen LogP contribution in [0.1, 0.15) is 39.6 Å². The Morgan fingerprint density at radius 1 is 1.12 bits per heavy atom. The van der Waals surface area contributed by atoms with Gasteiger partial charge in [-0.25, -0.2) is 4.79 Å². The van der Waals surface area contributed by atoms with Crippen LogP contribution in [0.15, 0.2) is 42.5 Å². The van der Waals surface area contributed by atoms with E-state index in [1.807, 2.05) is 31.2 Å². The topological polar surface area (TPSA) is 66.8 Å². The molecule has 0 aromatic heterocycles. The lowest BCUT2D eigenvalue weighted by molar-refractivity contribution is 0.0693. The quantitative estimate of drug-likeness (QED) is 0.939. The summed E-state index contributed by atoms with van der Waals surface area (Å²) >= 11 is 0. The van der Waals surface area contributed by atoms with Crippen LogP contribution in [0.25, 0.3) is 0 Å². The standard InChI is InChI=1S/C19H19NO4/c1-12-10-11-13-6-3-4-9-16(13)20(12)18(21)14-7-5-8-15(19(22)23)17(14)24-2/h3-9,12H,10-11H2,1-2H3,(H,22,23). The van der Waals surface area contributed by atoms with Gasteiger partial charge in [0.1, 0.15) is 11.3 Å². The van der Waals surface area contributed by atoms with Gasteiger partial charge in [0.05, 0.1) is 12.7 Å². The molecule has 0 aliphatic carbocycles. The highest BCUT2D eigenvalue weighted by atomic mass is 16.5. The van der Waals surface area contributed by atoms with Crippen LogP contribution in [0.2, 0.25) is 0 Å². The molecule has 5 heteroatoms. The molecule has 0 saturated heterocycles. The molecule has 3 rings (SSSR count). The van der Waals surface area contributed by atoms with Crippen LogP contribution in [-0.2, 0) is 6.42 Å². The van der Waals surface area contributed by atoms with Crippen LogP contribution in [0.5, 0.6) is 5.75 Å². The largest absolute Gasteiger partial charge is 0.495 e. The average molecular weight is 325 g/mol. The molecule has 0 radical (unpaired) electrons. The Kier molecular flexibility index (Phi) is 4.25. The van der Waals surface area contributed by atoms with Gasteiger partial charge in [0.15, 0.2) is 0 Å². The number of aromatic carboxylic acids is 1. The van der Waals surface area contributed by atoms with Gasteiger partial charge < -0.3 is 14.7 Å². The summed E-state index contributed by atoms with van der Waals surface area (Å²) in [5, 5.41) is 9.32. The van der Waals surface area contributed by atoms with Gasteiger partial charge in [0, 0.05) is 11.7 Å². The number of amides is 1. The predicted molar refractivity (Wildman–Crippen MR) is 91.0 cm³/mol. The fourth-order valence-electron chi connectivity index (χ4n) is 3.22. The second-order valence-electron chi connectivity index (χ2n) is 5.88. The SMILES string of the molecule is COc1c(C(=O)O)cccc1C(=O)N1c2ccccc2CCC1C. The third kappa shape index (κ3) is 2.62. The van der Waals surface area contributed by atoms with Crippen molar-refractivity contribution in [3.8, 4) is 5.75 Å². The summed E-state index contributed by atoms with van der Waals surface area (Å²) in [6.07, 6.45) is 1.79. The fraction of sp³-hybridized carbons (Fsp3) is 0.263. The highest BCUT2D eigenvalue weighted by Crippen LogP contribution is 2.34. The number of carboxylic acid groups (broad SMARTS) is 1. The number of anilines is 1.